The van der Waals surface area contributed by atoms with Crippen molar-refractivity contribution in [1.29, 1.82) is 0 Å². The van der Waals surface area contributed by atoms with Crippen LogP contribution in [0.5, 0.6) is 17.2 Å². The number of ether oxygens (including phenoxy) is 2. The highest BCUT2D eigenvalue weighted by Gasteiger charge is 2.41. The van der Waals surface area contributed by atoms with Gasteiger partial charge in [-0.25, -0.2) is 0 Å². The third kappa shape index (κ3) is 5.16. The third-order valence-corrected chi connectivity index (χ3v) is 5.98. The van der Waals surface area contributed by atoms with E-state index >= 15 is 0 Å². The van der Waals surface area contributed by atoms with Gasteiger partial charge in [-0.05, 0) is 43.5 Å². The van der Waals surface area contributed by atoms with Crippen LogP contribution in [-0.2, 0) is 17.5 Å². The highest BCUT2D eigenvalue weighted by molar-refractivity contribution is 5.83. The van der Waals surface area contributed by atoms with E-state index in [4.69, 9.17) is 13.9 Å². The third-order valence-electron chi connectivity index (χ3n) is 5.98. The van der Waals surface area contributed by atoms with E-state index < -0.39 is 23.1 Å². The van der Waals surface area contributed by atoms with Crippen molar-refractivity contribution in [2.75, 3.05) is 13.1 Å². The molecule has 1 fully saturated rings. The van der Waals surface area contributed by atoms with Gasteiger partial charge in [0.2, 0.25) is 11.2 Å². The monoisotopic (exact) mass is 491 g/mol. The average molecular weight is 492 g/mol. The molecule has 2 atom stereocenters. The summed E-state index contributed by atoms with van der Waals surface area (Å²) in [5.74, 6) is -2.61. The van der Waals surface area contributed by atoms with E-state index in [0.29, 0.717) is 18.7 Å². The molecule has 2 unspecified atom stereocenters. The molecular formula is C26H28F3NO5. The van der Waals surface area contributed by atoms with Gasteiger partial charge < -0.3 is 19.0 Å². The Kier molecular flexibility index (Phi) is 6.83. The molecule has 1 saturated heterocycles. The molecule has 3 aromatic rings. The number of halogens is 3. The van der Waals surface area contributed by atoms with Crippen molar-refractivity contribution in [3.05, 3.63) is 63.5 Å². The summed E-state index contributed by atoms with van der Waals surface area (Å²) in [4.78, 5) is 15.3. The molecule has 0 aliphatic carbocycles. The summed E-state index contributed by atoms with van der Waals surface area (Å²) in [7, 11) is 0. The zero-order chi connectivity index (χ0) is 25.5. The van der Waals surface area contributed by atoms with Gasteiger partial charge in [0.25, 0.3) is 5.76 Å². The SMILES string of the molecule is CC1CN(Cc2c(O)ccc3c(=O)c(Oc4ccccc4C(C)C)c(C(F)(F)F)oc23)CC(C)O1. The van der Waals surface area contributed by atoms with E-state index in [0.717, 1.165) is 0 Å². The van der Waals surface area contributed by atoms with E-state index in [2.05, 4.69) is 0 Å². The lowest BCUT2D eigenvalue weighted by atomic mass is 10.0. The van der Waals surface area contributed by atoms with Crippen LogP contribution in [0.2, 0.25) is 0 Å². The summed E-state index contributed by atoms with van der Waals surface area (Å²) in [5.41, 5.74) is -0.497. The number of phenolic OH excluding ortho intramolecular Hbond substituents is 1. The van der Waals surface area contributed by atoms with Crippen LogP contribution >= 0.6 is 0 Å². The normalized spacial score (nSPS) is 19.4. The number of rotatable bonds is 5. The number of hydrogen-bond acceptors (Lipinski definition) is 6. The van der Waals surface area contributed by atoms with Crippen molar-refractivity contribution in [3.8, 4) is 17.2 Å². The lowest BCUT2D eigenvalue weighted by Gasteiger charge is -2.35. The molecule has 188 valence electrons. The molecule has 35 heavy (non-hydrogen) atoms. The fourth-order valence-electron chi connectivity index (χ4n) is 4.52. The summed E-state index contributed by atoms with van der Waals surface area (Å²) in [6.45, 7) is 8.67. The van der Waals surface area contributed by atoms with Gasteiger partial charge in [0.05, 0.1) is 23.2 Å². The molecule has 1 aliphatic heterocycles. The molecule has 1 aliphatic rings. The number of benzene rings is 2. The van der Waals surface area contributed by atoms with Crippen LogP contribution in [0, 0.1) is 0 Å². The van der Waals surface area contributed by atoms with E-state index in [1.165, 1.54) is 18.2 Å². The molecule has 0 saturated carbocycles. The van der Waals surface area contributed by atoms with Crippen molar-refractivity contribution >= 4 is 11.0 Å². The minimum Gasteiger partial charge on any atom is -0.507 e. The first-order valence-corrected chi connectivity index (χ1v) is 11.5. The number of nitrogens with zero attached hydrogens (tertiary/aromatic N) is 1. The fraction of sp³-hybridized carbons (Fsp3) is 0.423. The minimum atomic E-state index is -5.00. The van der Waals surface area contributed by atoms with Crippen LogP contribution in [-0.4, -0.2) is 35.3 Å². The Labute approximate surface area is 200 Å². The predicted molar refractivity (Wildman–Crippen MR) is 125 cm³/mol. The number of fused-ring (bicyclic) bond motifs is 1. The maximum Gasteiger partial charge on any atom is 0.453 e. The number of para-hydroxylation sites is 1. The second kappa shape index (κ2) is 9.54. The molecule has 0 spiro atoms. The average Bonchev–Trinajstić information content (AvgIpc) is 2.76. The molecule has 6 nitrogen and oxygen atoms in total. The Morgan fingerprint density at radius 2 is 1.77 bits per heavy atom. The number of alkyl halides is 3. The lowest BCUT2D eigenvalue weighted by molar-refractivity contribution is -0.154. The van der Waals surface area contributed by atoms with Crippen molar-refractivity contribution in [1.82, 2.24) is 4.90 Å². The first-order valence-electron chi connectivity index (χ1n) is 11.5. The molecule has 0 radical (unpaired) electrons. The van der Waals surface area contributed by atoms with E-state index in [1.807, 2.05) is 32.6 Å². The lowest BCUT2D eigenvalue weighted by Crippen LogP contribution is -2.44. The van der Waals surface area contributed by atoms with Gasteiger partial charge in [-0.15, -0.1) is 0 Å². The molecule has 1 aromatic heterocycles. The van der Waals surface area contributed by atoms with E-state index in [1.54, 1.807) is 18.2 Å². The standard InChI is InChI=1S/C26H28F3NO5/c1-14(2)17-7-5-6-8-21(17)34-24-22(32)18-9-10-20(31)19(23(18)35-25(24)26(27,28)29)13-30-11-15(3)33-16(4)12-30/h5-10,14-16,31H,11-13H2,1-4H3. The highest BCUT2D eigenvalue weighted by atomic mass is 19.4. The van der Waals surface area contributed by atoms with Crippen molar-refractivity contribution in [2.45, 2.75) is 58.5 Å². The maximum absolute atomic E-state index is 14.1. The summed E-state index contributed by atoms with van der Waals surface area (Å²) in [6.07, 6.45) is -5.18. The van der Waals surface area contributed by atoms with Crippen LogP contribution in [0.25, 0.3) is 11.0 Å². The van der Waals surface area contributed by atoms with Crippen LogP contribution < -0.4 is 10.2 Å². The van der Waals surface area contributed by atoms with Gasteiger partial charge in [0.15, 0.2) is 0 Å². The Morgan fingerprint density at radius 1 is 1.11 bits per heavy atom. The van der Waals surface area contributed by atoms with Crippen molar-refractivity contribution in [3.63, 3.8) is 0 Å². The van der Waals surface area contributed by atoms with Crippen LogP contribution in [0.4, 0.5) is 13.2 Å². The minimum absolute atomic E-state index is 0.0464. The zero-order valence-corrected chi connectivity index (χ0v) is 20.0. The molecule has 4 rings (SSSR count). The summed E-state index contributed by atoms with van der Waals surface area (Å²) < 4.78 is 59.0. The van der Waals surface area contributed by atoms with Crippen molar-refractivity contribution < 1.29 is 32.2 Å². The Balaban J connectivity index is 1.87. The molecular weight excluding hydrogens is 463 g/mol. The van der Waals surface area contributed by atoms with Crippen LogP contribution in [0.15, 0.2) is 45.6 Å². The van der Waals surface area contributed by atoms with Gasteiger partial charge in [-0.2, -0.15) is 13.2 Å². The first kappa shape index (κ1) is 25.1. The maximum atomic E-state index is 14.1. The van der Waals surface area contributed by atoms with E-state index in [9.17, 15) is 23.1 Å². The largest absolute Gasteiger partial charge is 0.507 e. The predicted octanol–water partition coefficient (Wildman–Crippen LogP) is 6.04. The number of hydrogen-bond donors (Lipinski definition) is 1. The first-order chi connectivity index (χ1) is 16.5. The molecule has 1 N–H and O–H groups in total. The Bertz CT molecular complexity index is 1270. The zero-order valence-electron chi connectivity index (χ0n) is 20.0. The van der Waals surface area contributed by atoms with Gasteiger partial charge in [0.1, 0.15) is 17.1 Å². The second-order valence-corrected chi connectivity index (χ2v) is 9.27. The summed E-state index contributed by atoms with van der Waals surface area (Å²) >= 11 is 0. The highest BCUT2D eigenvalue weighted by Crippen LogP contribution is 2.41. The number of morpholine rings is 1. The number of phenols is 1. The van der Waals surface area contributed by atoms with E-state index in [-0.39, 0.29) is 52.7 Å². The fourth-order valence-corrected chi connectivity index (χ4v) is 4.52. The van der Waals surface area contributed by atoms with Crippen LogP contribution in [0.3, 0.4) is 0 Å². The molecule has 9 heteroatoms. The molecule has 2 aromatic carbocycles. The topological polar surface area (TPSA) is 72.1 Å². The summed E-state index contributed by atoms with van der Waals surface area (Å²) in [6, 6.07) is 9.17. The Morgan fingerprint density at radius 3 is 2.40 bits per heavy atom. The van der Waals surface area contributed by atoms with Gasteiger partial charge in [-0.3, -0.25) is 9.69 Å². The quantitative estimate of drug-likeness (QED) is 0.469. The molecule has 2 heterocycles. The second-order valence-electron chi connectivity index (χ2n) is 9.27. The van der Waals surface area contributed by atoms with Crippen LogP contribution in [0.1, 0.15) is 50.5 Å². The van der Waals surface area contributed by atoms with Crippen molar-refractivity contribution in [2.24, 2.45) is 0 Å². The molecule has 0 bridgehead atoms. The van der Waals surface area contributed by atoms with Gasteiger partial charge in [-0.1, -0.05) is 32.0 Å². The van der Waals surface area contributed by atoms with Gasteiger partial charge in [0, 0.05) is 19.6 Å². The smallest absolute Gasteiger partial charge is 0.453 e. The summed E-state index contributed by atoms with van der Waals surface area (Å²) in [5, 5.41) is 10.4. The Hall–Kier alpha value is -3.04. The number of aromatic hydroxyl groups is 1. The molecule has 0 amide bonds. The van der Waals surface area contributed by atoms with Gasteiger partial charge >= 0.3 is 6.18 Å².